The summed E-state index contributed by atoms with van der Waals surface area (Å²) in [6, 6.07) is 2.05. The van der Waals surface area contributed by atoms with Crippen LogP contribution < -0.4 is 5.32 Å². The number of nitrogens with zero attached hydrogens (tertiary/aromatic N) is 2. The van der Waals surface area contributed by atoms with E-state index in [0.717, 1.165) is 24.4 Å². The fourth-order valence-electron chi connectivity index (χ4n) is 2.24. The molecule has 1 aromatic heterocycles. The molecule has 0 spiro atoms. The number of hydrogen-bond donors (Lipinski definition) is 2. The van der Waals surface area contributed by atoms with Gasteiger partial charge in [0.25, 0.3) is 0 Å². The lowest BCUT2D eigenvalue weighted by molar-refractivity contribution is -0.145. The molecule has 0 aliphatic heterocycles. The zero-order valence-electron chi connectivity index (χ0n) is 12.4. The Morgan fingerprint density at radius 2 is 2.00 bits per heavy atom. The van der Waals surface area contributed by atoms with Crippen LogP contribution >= 0.6 is 0 Å². The van der Waals surface area contributed by atoms with Crippen LogP contribution in [0.4, 0.5) is 0 Å². The summed E-state index contributed by atoms with van der Waals surface area (Å²) in [4.78, 5) is 11.4. The number of hydrogen-bond acceptors (Lipinski definition) is 3. The first-order chi connectivity index (χ1) is 9.02. The van der Waals surface area contributed by atoms with Crippen molar-refractivity contribution in [3.8, 4) is 0 Å². The molecule has 19 heavy (non-hydrogen) atoms. The van der Waals surface area contributed by atoms with E-state index in [0.29, 0.717) is 19.4 Å². The van der Waals surface area contributed by atoms with Crippen molar-refractivity contribution in [2.75, 3.05) is 0 Å². The molecule has 2 N–H and O–H groups in total. The summed E-state index contributed by atoms with van der Waals surface area (Å²) in [6.45, 7) is 9.25. The van der Waals surface area contributed by atoms with Gasteiger partial charge < -0.3 is 5.11 Å². The van der Waals surface area contributed by atoms with Gasteiger partial charge in [0, 0.05) is 13.1 Å². The minimum absolute atomic E-state index is 0.537. The normalized spacial score (nSPS) is 11.8. The molecule has 5 nitrogen and oxygen atoms in total. The van der Waals surface area contributed by atoms with Gasteiger partial charge in [0.1, 0.15) is 5.54 Å². The van der Waals surface area contributed by atoms with E-state index in [1.54, 1.807) is 0 Å². The minimum Gasteiger partial charge on any atom is -0.480 e. The smallest absolute Gasteiger partial charge is 0.323 e. The molecular weight excluding hydrogens is 242 g/mol. The molecule has 0 aliphatic carbocycles. The van der Waals surface area contributed by atoms with E-state index in [2.05, 4.69) is 23.4 Å². The van der Waals surface area contributed by atoms with Crippen LogP contribution in [0.25, 0.3) is 0 Å². The highest BCUT2D eigenvalue weighted by atomic mass is 16.4. The van der Waals surface area contributed by atoms with Gasteiger partial charge in [-0.15, -0.1) is 0 Å². The average Bonchev–Trinajstić information content (AvgIpc) is 2.82. The molecule has 0 bridgehead atoms. The van der Waals surface area contributed by atoms with Crippen LogP contribution in [0.1, 0.15) is 51.9 Å². The quantitative estimate of drug-likeness (QED) is 0.757. The molecule has 0 radical (unpaired) electrons. The Labute approximate surface area is 115 Å². The van der Waals surface area contributed by atoms with Gasteiger partial charge in [0.05, 0.1) is 11.4 Å². The first-order valence-electron chi connectivity index (χ1n) is 7.06. The van der Waals surface area contributed by atoms with Crippen LogP contribution in [0.2, 0.25) is 0 Å². The Balaban J connectivity index is 2.85. The van der Waals surface area contributed by atoms with Crippen molar-refractivity contribution in [1.82, 2.24) is 15.1 Å². The van der Waals surface area contributed by atoms with Gasteiger partial charge >= 0.3 is 5.97 Å². The molecule has 1 rings (SSSR count). The lowest BCUT2D eigenvalue weighted by Crippen LogP contribution is -2.50. The maximum absolute atomic E-state index is 11.4. The van der Waals surface area contributed by atoms with Crippen LogP contribution in [-0.4, -0.2) is 26.4 Å². The van der Waals surface area contributed by atoms with Gasteiger partial charge in [-0.3, -0.25) is 14.8 Å². The topological polar surface area (TPSA) is 67.2 Å². The first-order valence-corrected chi connectivity index (χ1v) is 7.06. The van der Waals surface area contributed by atoms with Crippen molar-refractivity contribution in [1.29, 1.82) is 0 Å². The fraction of sp³-hybridized carbons (Fsp3) is 0.714. The highest BCUT2D eigenvalue weighted by Gasteiger charge is 2.34. The SMILES string of the molecule is CCc1cc(CNC(CC)(CC)C(=O)O)n(CC)n1. The number of aromatic nitrogens is 2. The van der Waals surface area contributed by atoms with Crippen LogP contribution in [-0.2, 0) is 24.3 Å². The fourth-order valence-corrected chi connectivity index (χ4v) is 2.24. The van der Waals surface area contributed by atoms with Crippen LogP contribution in [0.5, 0.6) is 0 Å². The van der Waals surface area contributed by atoms with E-state index >= 15 is 0 Å². The van der Waals surface area contributed by atoms with Gasteiger partial charge in [0.2, 0.25) is 0 Å². The maximum atomic E-state index is 11.4. The first kappa shape index (κ1) is 15.7. The predicted octanol–water partition coefficient (Wildman–Crippen LogP) is 2.20. The zero-order chi connectivity index (χ0) is 14.5. The van der Waals surface area contributed by atoms with E-state index in [1.807, 2.05) is 25.5 Å². The summed E-state index contributed by atoms with van der Waals surface area (Å²) in [5, 5.41) is 17.1. The Bertz CT molecular complexity index is 422. The van der Waals surface area contributed by atoms with Crippen molar-refractivity contribution in [3.05, 3.63) is 17.5 Å². The van der Waals surface area contributed by atoms with Gasteiger partial charge in [0.15, 0.2) is 0 Å². The summed E-state index contributed by atoms with van der Waals surface area (Å²) < 4.78 is 1.93. The third-order valence-corrected chi connectivity index (χ3v) is 3.80. The number of aryl methyl sites for hydroxylation is 2. The zero-order valence-corrected chi connectivity index (χ0v) is 12.4. The number of carbonyl (C=O) groups is 1. The molecule has 1 heterocycles. The van der Waals surface area contributed by atoms with Crippen molar-refractivity contribution < 1.29 is 9.90 Å². The second-order valence-electron chi connectivity index (χ2n) is 4.74. The molecule has 108 valence electrons. The van der Waals surface area contributed by atoms with Crippen LogP contribution in [0, 0.1) is 0 Å². The summed E-state index contributed by atoms with van der Waals surface area (Å²) in [5.41, 5.74) is 1.26. The molecule has 0 aliphatic rings. The lowest BCUT2D eigenvalue weighted by Gasteiger charge is -2.28. The van der Waals surface area contributed by atoms with Crippen molar-refractivity contribution in [3.63, 3.8) is 0 Å². The van der Waals surface area contributed by atoms with E-state index in [1.165, 1.54) is 0 Å². The molecule has 5 heteroatoms. The van der Waals surface area contributed by atoms with Gasteiger partial charge in [-0.2, -0.15) is 5.10 Å². The summed E-state index contributed by atoms with van der Waals surface area (Å²) in [5.74, 6) is -0.782. The number of carboxylic acids is 1. The van der Waals surface area contributed by atoms with E-state index in [4.69, 9.17) is 0 Å². The molecule has 0 saturated carbocycles. The van der Waals surface area contributed by atoms with Crippen LogP contribution in [0.3, 0.4) is 0 Å². The van der Waals surface area contributed by atoms with E-state index in [-0.39, 0.29) is 0 Å². The maximum Gasteiger partial charge on any atom is 0.323 e. The number of carboxylic acid groups (broad SMARTS) is 1. The summed E-state index contributed by atoms with van der Waals surface area (Å²) >= 11 is 0. The number of rotatable bonds is 8. The highest BCUT2D eigenvalue weighted by molar-refractivity contribution is 5.78. The second-order valence-corrected chi connectivity index (χ2v) is 4.74. The predicted molar refractivity (Wildman–Crippen MR) is 75.1 cm³/mol. The monoisotopic (exact) mass is 267 g/mol. The summed E-state index contributed by atoms with van der Waals surface area (Å²) in [6.07, 6.45) is 2.03. The molecule has 0 amide bonds. The molecule has 0 fully saturated rings. The number of aliphatic carboxylic acids is 1. The van der Waals surface area contributed by atoms with Crippen molar-refractivity contribution >= 4 is 5.97 Å². The molecular formula is C14H25N3O2. The average molecular weight is 267 g/mol. The third-order valence-electron chi connectivity index (χ3n) is 3.80. The Morgan fingerprint density at radius 1 is 1.37 bits per heavy atom. The van der Waals surface area contributed by atoms with Crippen molar-refractivity contribution in [2.45, 2.75) is 65.6 Å². The Hall–Kier alpha value is -1.36. The molecule has 1 aromatic rings. The lowest BCUT2D eigenvalue weighted by atomic mass is 9.93. The molecule has 0 atom stereocenters. The number of nitrogens with one attached hydrogen (secondary N) is 1. The minimum atomic E-state index is -0.838. The van der Waals surface area contributed by atoms with Gasteiger partial charge in [-0.1, -0.05) is 20.8 Å². The standard InChI is InChI=1S/C14H25N3O2/c1-5-11-9-12(17(8-4)16-11)10-15-14(6-2,7-3)13(18)19/h9,15H,5-8,10H2,1-4H3,(H,18,19). The van der Waals surface area contributed by atoms with Gasteiger partial charge in [-0.25, -0.2) is 0 Å². The van der Waals surface area contributed by atoms with Crippen LogP contribution in [0.15, 0.2) is 6.07 Å². The molecule has 0 aromatic carbocycles. The third kappa shape index (κ3) is 3.35. The summed E-state index contributed by atoms with van der Waals surface area (Å²) in [7, 11) is 0. The Kier molecular flexibility index (Phi) is 5.54. The Morgan fingerprint density at radius 3 is 2.42 bits per heavy atom. The van der Waals surface area contributed by atoms with E-state index in [9.17, 15) is 9.90 Å². The molecule has 0 saturated heterocycles. The second kappa shape index (κ2) is 6.70. The van der Waals surface area contributed by atoms with E-state index < -0.39 is 11.5 Å². The van der Waals surface area contributed by atoms with Crippen molar-refractivity contribution in [2.24, 2.45) is 0 Å². The largest absolute Gasteiger partial charge is 0.480 e. The highest BCUT2D eigenvalue weighted by Crippen LogP contribution is 2.17. The molecule has 0 unspecified atom stereocenters. The van der Waals surface area contributed by atoms with Gasteiger partial charge in [-0.05, 0) is 32.3 Å².